The second-order valence-electron chi connectivity index (χ2n) is 9.69. The monoisotopic (exact) mass is 925 g/mol. The summed E-state index contributed by atoms with van der Waals surface area (Å²) in [6, 6.07) is 14.6. The van der Waals surface area contributed by atoms with Gasteiger partial charge in [-0.25, -0.2) is 5.26 Å². The number of aromatic hydroxyl groups is 1. The molecule has 0 aliphatic heterocycles. The number of aryl methyl sites for hydroxylation is 1. The summed E-state index contributed by atoms with van der Waals surface area (Å²) >= 11 is -4.60. The molecule has 2 atom stereocenters. The van der Waals surface area contributed by atoms with Crippen molar-refractivity contribution >= 4 is 89.7 Å². The topological polar surface area (TPSA) is 272 Å². The van der Waals surface area contributed by atoms with Crippen molar-refractivity contribution in [2.24, 2.45) is 10.2 Å². The predicted molar refractivity (Wildman–Crippen MR) is 173 cm³/mol. The van der Waals surface area contributed by atoms with Gasteiger partial charge in [-0.05, 0) is 95.1 Å². The van der Waals surface area contributed by atoms with Gasteiger partial charge in [0.1, 0.15) is 11.5 Å². The van der Waals surface area contributed by atoms with Crippen LogP contribution in [-0.4, -0.2) is 62.9 Å². The second-order valence-corrected chi connectivity index (χ2v) is 13.7. The molecule has 0 aliphatic rings. The third-order valence-electron chi connectivity index (χ3n) is 6.55. The Kier molecular flexibility index (Phi) is 15.8. The number of hydrogen-bond donors (Lipinski definition) is 4. The smallest absolute Gasteiger partial charge is 0.294 e. The van der Waals surface area contributed by atoms with E-state index in [2.05, 4.69) is 39.9 Å². The zero-order valence-corrected chi connectivity index (χ0v) is 34.9. The number of nitrogens with zero attached hydrogens (tertiary/aromatic N) is 6. The molecule has 0 fully saturated rings. The van der Waals surface area contributed by atoms with Crippen LogP contribution in [-0.2, 0) is 107 Å². The van der Waals surface area contributed by atoms with Gasteiger partial charge >= 0.3 is 0 Å². The van der Waals surface area contributed by atoms with Gasteiger partial charge in [0.2, 0.25) is 11.9 Å². The van der Waals surface area contributed by atoms with Gasteiger partial charge < -0.3 is 24.4 Å². The van der Waals surface area contributed by atoms with Crippen LogP contribution >= 0.6 is 12.0 Å². The number of rotatable bonds is 12. The fraction of sp³-hybridized carbons (Fsp3) is 0.0741. The van der Waals surface area contributed by atoms with Crippen molar-refractivity contribution < 1.29 is 116 Å². The summed E-state index contributed by atoms with van der Waals surface area (Å²) in [4.78, 5) is 13.8. The molecule has 5 aromatic rings. The van der Waals surface area contributed by atoms with Crippen molar-refractivity contribution in [3.63, 3.8) is 0 Å². The molecule has 1 heterocycles. The molecule has 0 amide bonds. The molecule has 24 heteroatoms. The summed E-state index contributed by atoms with van der Waals surface area (Å²) in [5.74, 6) is -0.467. The Balaban J connectivity index is 0.00000351. The van der Waals surface area contributed by atoms with Crippen LogP contribution in [0.5, 0.6) is 5.75 Å². The van der Waals surface area contributed by atoms with Crippen LogP contribution in [0.1, 0.15) is 5.82 Å². The van der Waals surface area contributed by atoms with Crippen LogP contribution in [0.2, 0.25) is 0 Å². The van der Waals surface area contributed by atoms with Gasteiger partial charge in [0.15, 0.2) is 5.75 Å². The maximum absolute atomic E-state index is 12.3. The predicted octanol–water partition coefficient (Wildman–Crippen LogP) is 5.11. The average Bonchev–Trinajstić information content (AvgIpc) is 3.06. The molecule has 262 valence electrons. The van der Waals surface area contributed by atoms with E-state index >= 15 is 0 Å². The fourth-order valence-electron chi connectivity index (χ4n) is 4.36. The molecule has 2 unspecified atom stereocenters. The summed E-state index contributed by atoms with van der Waals surface area (Å²) in [6.07, 6.45) is 0. The first-order chi connectivity index (χ1) is 23.2. The van der Waals surface area contributed by atoms with Gasteiger partial charge in [-0.15, -0.1) is 9.45 Å². The molecule has 2 radical (unpaired) electrons. The van der Waals surface area contributed by atoms with E-state index in [1.165, 1.54) is 53.4 Å². The molecular weight excluding hydrogens is 904 g/mol. The fourth-order valence-corrected chi connectivity index (χ4v) is 6.16. The first kappa shape index (κ1) is 43.1. The van der Waals surface area contributed by atoms with Crippen LogP contribution in [0.15, 0.2) is 96.5 Å². The minimum absolute atomic E-state index is 0. The van der Waals surface area contributed by atoms with E-state index in [1.807, 2.05) is 0 Å². The summed E-state index contributed by atoms with van der Waals surface area (Å²) in [7, 11) is -3.24. The minimum atomic E-state index is -4.82. The van der Waals surface area contributed by atoms with Gasteiger partial charge in [0.05, 0.1) is 33.2 Å². The Labute approximate surface area is 349 Å². The van der Waals surface area contributed by atoms with E-state index in [4.69, 9.17) is 5.26 Å². The molecule has 0 saturated carbocycles. The van der Waals surface area contributed by atoms with Crippen LogP contribution in [0.3, 0.4) is 0 Å². The van der Waals surface area contributed by atoms with Crippen LogP contribution in [0.25, 0.3) is 10.8 Å². The largest absolute Gasteiger partial charge is 0.768 e. The second kappa shape index (κ2) is 18.7. The number of fused-ring (bicyclic) bond motifs is 1. The van der Waals surface area contributed by atoms with Gasteiger partial charge in [-0.2, -0.15) is 28.5 Å². The third-order valence-corrected chi connectivity index (χ3v) is 9.30. The molecule has 0 bridgehead atoms. The number of nitrogens with one attached hydrogen (secondary N) is 1. The number of hydrogen-bond acceptors (Lipinski definition) is 18. The van der Waals surface area contributed by atoms with Gasteiger partial charge in [-0.3, -0.25) is 13.0 Å². The van der Waals surface area contributed by atoms with Crippen molar-refractivity contribution in [1.29, 1.82) is 0 Å². The quantitative estimate of drug-likeness (QED) is 0.0316. The average molecular weight is 926 g/mol. The van der Waals surface area contributed by atoms with E-state index in [1.54, 1.807) is 20.0 Å². The van der Waals surface area contributed by atoms with Crippen molar-refractivity contribution in [3.05, 3.63) is 72.6 Å². The van der Waals surface area contributed by atoms with Crippen LogP contribution in [0.4, 0.5) is 34.6 Å². The Hall–Kier alpha value is -2.28. The van der Waals surface area contributed by atoms with E-state index < -0.39 is 42.9 Å². The normalized spacial score (nSPS) is 12.6. The maximum atomic E-state index is 12.3. The van der Waals surface area contributed by atoms with Gasteiger partial charge in [0.25, 0.3) is 10.1 Å². The third kappa shape index (κ3) is 10.7. The molecule has 5 rings (SSSR count). The summed E-state index contributed by atoms with van der Waals surface area (Å²) in [5.41, 5.74) is 0.227. The first-order valence-corrected chi connectivity index (χ1v) is 17.6. The standard InChI is InChI=1S/C27H23N7O11S4.2Y/c1-14-28-26(31-27(29-14)34(2)17-4-3-5-19(12-17)48(39)40)30-21-13-20(49(41,42)43)10-15-11-22(46-45-44-36)24(25(35)23(15)21)33-32-16-6-8-18(9-7-16)47(37)38;;/h3-13,35-36H,1-2H3,(H,37,38)(H,39,40)(H,41,42,43)(H,28,29,30,31);;/p-2. The number of phenols is 1. The van der Waals surface area contributed by atoms with Gasteiger partial charge in [-0.1, -0.05) is 11.1 Å². The summed E-state index contributed by atoms with van der Waals surface area (Å²) in [6.45, 7) is 1.55. The van der Waals surface area contributed by atoms with E-state index in [0.717, 1.165) is 12.1 Å². The summed E-state index contributed by atoms with van der Waals surface area (Å²) < 4.78 is 84.3. The minimum Gasteiger partial charge on any atom is -0.768 e. The molecule has 1 aromatic heterocycles. The van der Waals surface area contributed by atoms with E-state index in [-0.39, 0.29) is 126 Å². The van der Waals surface area contributed by atoms with Crippen LogP contribution in [0, 0.1) is 6.92 Å². The molecule has 4 aromatic carbocycles. The summed E-state index contributed by atoms with van der Waals surface area (Å²) in [5, 5.41) is 34.9. The van der Waals surface area contributed by atoms with Crippen molar-refractivity contribution in [3.8, 4) is 5.75 Å². The van der Waals surface area contributed by atoms with Crippen molar-refractivity contribution in [1.82, 2.24) is 15.0 Å². The molecule has 0 spiro atoms. The zero-order chi connectivity index (χ0) is 35.5. The molecule has 4 N–H and O–H groups in total. The number of phenolic OH excluding ortho intramolecular Hbond substituents is 1. The van der Waals surface area contributed by atoms with Crippen molar-refractivity contribution in [2.75, 3.05) is 17.3 Å². The first-order valence-electron chi connectivity index (χ1n) is 13.2. The van der Waals surface area contributed by atoms with E-state index in [0.29, 0.717) is 17.7 Å². The number of benzene rings is 4. The molecule has 18 nitrogen and oxygen atoms in total. The SMILES string of the molecule is Cc1nc(Nc2cc(S(=O)(=O)O)cc3cc(SOOO)c(N=Nc4ccc(S(=O)[O-])cc4)c(O)c23)nc(N(C)c2cccc(S(=O)[O-])c2)n1.[Y].[Y]. The van der Waals surface area contributed by atoms with Gasteiger partial charge in [0, 0.05) is 93.3 Å². The Bertz CT molecular complexity index is 2250. The maximum Gasteiger partial charge on any atom is 0.294 e. The Morgan fingerprint density at radius 1 is 0.941 bits per heavy atom. The van der Waals surface area contributed by atoms with E-state index in [9.17, 15) is 35.6 Å². The molecule has 0 saturated heterocycles. The Morgan fingerprint density at radius 2 is 1.63 bits per heavy atom. The molecule has 51 heavy (non-hydrogen) atoms. The molecular formula is C27H21N7O11S4Y2-2. The number of aromatic nitrogens is 3. The van der Waals surface area contributed by atoms with Crippen LogP contribution < -0.4 is 10.2 Å². The Morgan fingerprint density at radius 3 is 2.25 bits per heavy atom. The zero-order valence-electron chi connectivity index (χ0n) is 25.9. The van der Waals surface area contributed by atoms with Crippen molar-refractivity contribution in [2.45, 2.75) is 26.5 Å². The number of azo groups is 1. The molecule has 0 aliphatic carbocycles. The number of anilines is 4.